The van der Waals surface area contributed by atoms with E-state index in [0.717, 1.165) is 18.3 Å². The van der Waals surface area contributed by atoms with E-state index in [9.17, 15) is 4.79 Å². The van der Waals surface area contributed by atoms with Crippen molar-refractivity contribution >= 4 is 12.0 Å². The van der Waals surface area contributed by atoms with Gasteiger partial charge in [0.1, 0.15) is 6.29 Å². The molecule has 0 spiro atoms. The van der Waals surface area contributed by atoms with Crippen LogP contribution in [0.1, 0.15) is 45.6 Å². The number of anilines is 1. The normalized spacial score (nSPS) is 21.0. The predicted octanol–water partition coefficient (Wildman–Crippen LogP) is 3.61. The molecule has 1 aromatic rings. The molecule has 94 valence electrons. The van der Waals surface area contributed by atoms with Gasteiger partial charge >= 0.3 is 0 Å². The van der Waals surface area contributed by atoms with Crippen LogP contribution in [-0.4, -0.2) is 18.9 Å². The lowest BCUT2D eigenvalue weighted by atomic mass is 9.80. The van der Waals surface area contributed by atoms with Crippen molar-refractivity contribution in [3.63, 3.8) is 0 Å². The summed E-state index contributed by atoms with van der Waals surface area (Å²) in [6.45, 7) is 8.36. The maximum absolute atomic E-state index is 11.1. The zero-order valence-electron chi connectivity index (χ0n) is 11.5. The van der Waals surface area contributed by atoms with Crippen molar-refractivity contribution in [2.24, 2.45) is 0 Å². The van der Waals surface area contributed by atoms with Crippen LogP contribution in [0.2, 0.25) is 0 Å². The van der Waals surface area contributed by atoms with Crippen molar-refractivity contribution in [2.75, 3.05) is 11.9 Å². The Bertz CT molecular complexity index is 384. The number of carbonyl (C=O) groups is 1. The number of hydrogen-bond donors (Lipinski definition) is 0. The Balaban J connectivity index is 0.000000686. The number of aldehydes is 1. The van der Waals surface area contributed by atoms with Crippen LogP contribution in [-0.2, 0) is 4.79 Å². The van der Waals surface area contributed by atoms with E-state index in [4.69, 9.17) is 0 Å². The van der Waals surface area contributed by atoms with Gasteiger partial charge in [-0.2, -0.15) is 0 Å². The second-order valence-electron chi connectivity index (χ2n) is 4.88. The van der Waals surface area contributed by atoms with Crippen LogP contribution in [0, 0.1) is 0 Å². The fraction of sp³-hybridized carbons (Fsp3) is 0.533. The van der Waals surface area contributed by atoms with Gasteiger partial charge in [0.05, 0.1) is 0 Å². The van der Waals surface area contributed by atoms with E-state index < -0.39 is 0 Å². The molecule has 0 N–H and O–H groups in total. The van der Waals surface area contributed by atoms with E-state index in [1.807, 2.05) is 26.0 Å². The van der Waals surface area contributed by atoms with Crippen molar-refractivity contribution in [3.05, 3.63) is 29.8 Å². The van der Waals surface area contributed by atoms with Gasteiger partial charge in [0.2, 0.25) is 0 Å². The summed E-state index contributed by atoms with van der Waals surface area (Å²) in [5.74, 6) is 0.0485. The quantitative estimate of drug-likeness (QED) is 0.691. The van der Waals surface area contributed by atoms with Crippen molar-refractivity contribution in [1.29, 1.82) is 0 Å². The summed E-state index contributed by atoms with van der Waals surface area (Å²) in [6, 6.07) is 8.17. The lowest BCUT2D eigenvalue weighted by molar-refractivity contribution is -0.109. The molecule has 1 unspecified atom stereocenters. The van der Waals surface area contributed by atoms with Crippen LogP contribution in [0.3, 0.4) is 0 Å². The number of hydrogen-bond acceptors (Lipinski definition) is 2. The second-order valence-corrected chi connectivity index (χ2v) is 4.88. The molecular formula is C15H23NO. The molecule has 0 aromatic heterocycles. The van der Waals surface area contributed by atoms with Gasteiger partial charge in [0.25, 0.3) is 0 Å². The Kier molecular flexibility index (Phi) is 4.33. The van der Waals surface area contributed by atoms with Crippen LogP contribution in [0.25, 0.3) is 0 Å². The maximum atomic E-state index is 11.1. The van der Waals surface area contributed by atoms with Gasteiger partial charge in [-0.1, -0.05) is 32.0 Å². The van der Waals surface area contributed by atoms with Gasteiger partial charge < -0.3 is 9.69 Å². The summed E-state index contributed by atoms with van der Waals surface area (Å²) in [5, 5.41) is 0. The average Bonchev–Trinajstić information content (AvgIpc) is 2.36. The first-order valence-electron chi connectivity index (χ1n) is 6.34. The van der Waals surface area contributed by atoms with Gasteiger partial charge in [-0.3, -0.25) is 0 Å². The van der Waals surface area contributed by atoms with Crippen LogP contribution in [0.15, 0.2) is 24.3 Å². The first-order chi connectivity index (χ1) is 8.06. The van der Waals surface area contributed by atoms with E-state index in [2.05, 4.69) is 37.9 Å². The molecular weight excluding hydrogens is 210 g/mol. The van der Waals surface area contributed by atoms with Gasteiger partial charge in [-0.25, -0.2) is 0 Å². The smallest absolute Gasteiger partial charge is 0.127 e. The van der Waals surface area contributed by atoms with Crippen molar-refractivity contribution in [2.45, 2.75) is 45.6 Å². The molecule has 2 heteroatoms. The Labute approximate surface area is 105 Å². The van der Waals surface area contributed by atoms with E-state index in [1.54, 1.807) is 0 Å². The third-order valence-corrected chi connectivity index (χ3v) is 3.49. The topological polar surface area (TPSA) is 20.3 Å². The Morgan fingerprint density at radius 2 is 1.88 bits per heavy atom. The largest absolute Gasteiger partial charge is 0.369 e. The first kappa shape index (κ1) is 13.8. The number of rotatable bonds is 1. The minimum absolute atomic E-state index is 0.0485. The highest BCUT2D eigenvalue weighted by Gasteiger charge is 2.35. The lowest BCUT2D eigenvalue weighted by Crippen LogP contribution is -2.46. The number of nitrogens with zero attached hydrogens (tertiary/aromatic N) is 1. The molecule has 0 fully saturated rings. The molecule has 1 aliphatic heterocycles. The van der Waals surface area contributed by atoms with Crippen LogP contribution >= 0.6 is 0 Å². The van der Waals surface area contributed by atoms with Crippen LogP contribution in [0.5, 0.6) is 0 Å². The summed E-state index contributed by atoms with van der Waals surface area (Å²) in [5.41, 5.74) is 2.40. The zero-order chi connectivity index (χ0) is 13.1. The monoisotopic (exact) mass is 233 g/mol. The van der Waals surface area contributed by atoms with Crippen molar-refractivity contribution in [3.8, 4) is 0 Å². The molecule has 2 rings (SSSR count). The maximum Gasteiger partial charge on any atom is 0.127 e. The summed E-state index contributed by atoms with van der Waals surface area (Å²) in [6.07, 6.45) is 1.97. The van der Waals surface area contributed by atoms with Crippen molar-refractivity contribution in [1.82, 2.24) is 0 Å². The number of benzene rings is 1. The van der Waals surface area contributed by atoms with Gasteiger partial charge in [-0.15, -0.1) is 0 Å². The molecule has 1 atom stereocenters. The number of fused-ring (bicyclic) bond motifs is 1. The molecule has 0 amide bonds. The number of carbonyl (C=O) groups excluding carboxylic acids is 1. The Morgan fingerprint density at radius 3 is 2.47 bits per heavy atom. The zero-order valence-corrected chi connectivity index (χ0v) is 11.5. The summed E-state index contributed by atoms with van der Waals surface area (Å²) in [7, 11) is 2.10. The van der Waals surface area contributed by atoms with Crippen LogP contribution in [0.4, 0.5) is 5.69 Å². The van der Waals surface area contributed by atoms with E-state index in [1.165, 1.54) is 5.69 Å². The molecule has 0 saturated carbocycles. The fourth-order valence-electron chi connectivity index (χ4n) is 2.34. The van der Waals surface area contributed by atoms with Gasteiger partial charge in [-0.05, 0) is 31.9 Å². The molecule has 0 aliphatic carbocycles. The third kappa shape index (κ3) is 2.51. The summed E-state index contributed by atoms with van der Waals surface area (Å²) < 4.78 is 0. The summed E-state index contributed by atoms with van der Waals surface area (Å²) >= 11 is 0. The van der Waals surface area contributed by atoms with Gasteiger partial charge in [0, 0.05) is 24.2 Å². The highest BCUT2D eigenvalue weighted by Crippen LogP contribution is 2.41. The molecule has 2 nitrogen and oxygen atoms in total. The molecule has 1 aromatic carbocycles. The van der Waals surface area contributed by atoms with E-state index >= 15 is 0 Å². The molecule has 1 aliphatic rings. The summed E-state index contributed by atoms with van der Waals surface area (Å²) in [4.78, 5) is 13.4. The molecule has 1 heterocycles. The van der Waals surface area contributed by atoms with E-state index in [0.29, 0.717) is 0 Å². The van der Waals surface area contributed by atoms with E-state index in [-0.39, 0.29) is 11.5 Å². The molecule has 17 heavy (non-hydrogen) atoms. The minimum atomic E-state index is 0.0485. The first-order valence-corrected chi connectivity index (χ1v) is 6.34. The highest BCUT2D eigenvalue weighted by molar-refractivity contribution is 5.72. The van der Waals surface area contributed by atoms with Crippen LogP contribution < -0.4 is 4.90 Å². The fourth-order valence-corrected chi connectivity index (χ4v) is 2.34. The highest BCUT2D eigenvalue weighted by atomic mass is 16.1. The predicted molar refractivity (Wildman–Crippen MR) is 73.7 cm³/mol. The second kappa shape index (κ2) is 5.35. The third-order valence-electron chi connectivity index (χ3n) is 3.49. The SMILES string of the molecule is CC.CN1c2ccccc2C(C=O)CC1(C)C. The average molecular weight is 233 g/mol. The molecule has 0 bridgehead atoms. The Hall–Kier alpha value is -1.31. The Morgan fingerprint density at radius 1 is 1.29 bits per heavy atom. The number of para-hydroxylation sites is 1. The molecule has 0 saturated heterocycles. The van der Waals surface area contributed by atoms with Gasteiger partial charge in [0.15, 0.2) is 0 Å². The lowest BCUT2D eigenvalue weighted by Gasteiger charge is -2.44. The van der Waals surface area contributed by atoms with Crippen molar-refractivity contribution < 1.29 is 4.79 Å². The molecule has 0 radical (unpaired) electrons. The minimum Gasteiger partial charge on any atom is -0.369 e. The standard InChI is InChI=1S/C13H17NO.C2H6/c1-13(2)8-10(9-15)11-6-4-5-7-12(11)14(13)3;1-2/h4-7,9-10H,8H2,1-3H3;1-2H3.